The van der Waals surface area contributed by atoms with Crippen molar-refractivity contribution in [3.63, 3.8) is 0 Å². The van der Waals surface area contributed by atoms with Crippen LogP contribution in [0.5, 0.6) is 5.75 Å². The van der Waals surface area contributed by atoms with Gasteiger partial charge in [-0.2, -0.15) is 0 Å². The van der Waals surface area contributed by atoms with Crippen molar-refractivity contribution in [2.24, 2.45) is 5.73 Å². The van der Waals surface area contributed by atoms with Crippen LogP contribution in [0.25, 0.3) is 0 Å². The summed E-state index contributed by atoms with van der Waals surface area (Å²) >= 11 is 0. The predicted molar refractivity (Wildman–Crippen MR) is 52.7 cm³/mol. The molecule has 1 aliphatic rings. The lowest BCUT2D eigenvalue weighted by Gasteiger charge is -2.32. The van der Waals surface area contributed by atoms with Gasteiger partial charge in [0.25, 0.3) is 0 Å². The number of nitrogens with two attached hydrogens (primary N) is 1. The molecule has 0 saturated heterocycles. The highest BCUT2D eigenvalue weighted by Crippen LogP contribution is 2.26. The van der Waals surface area contributed by atoms with Gasteiger partial charge >= 0.3 is 0 Å². The molecule has 0 aromatic heterocycles. The first-order valence-electron chi connectivity index (χ1n) is 4.94. The Bertz CT molecular complexity index is 352. The van der Waals surface area contributed by atoms with E-state index in [1.807, 2.05) is 0 Å². The molecule has 4 heteroatoms. The van der Waals surface area contributed by atoms with Gasteiger partial charge in [0.1, 0.15) is 11.9 Å². The monoisotopic (exact) mass is 213 g/mol. The molecule has 1 fully saturated rings. The zero-order chi connectivity index (χ0) is 11.0. The largest absolute Gasteiger partial charge is 0.490 e. The van der Waals surface area contributed by atoms with E-state index in [9.17, 15) is 8.78 Å². The van der Waals surface area contributed by atoms with Crippen LogP contribution < -0.4 is 10.5 Å². The molecule has 0 radical (unpaired) electrons. The third-order valence-electron chi connectivity index (χ3n) is 2.62. The molecule has 0 spiro atoms. The zero-order valence-electron chi connectivity index (χ0n) is 8.47. The van der Waals surface area contributed by atoms with Gasteiger partial charge in [-0.1, -0.05) is 0 Å². The van der Waals surface area contributed by atoms with Crippen LogP contribution >= 0.6 is 0 Å². The molecule has 0 heterocycles. The lowest BCUT2D eigenvalue weighted by Crippen LogP contribution is -2.43. The number of ether oxygens (including phenoxy) is 1. The zero-order valence-corrected chi connectivity index (χ0v) is 8.47. The summed E-state index contributed by atoms with van der Waals surface area (Å²) in [6.07, 6.45) is 1.60. The van der Waals surface area contributed by atoms with Crippen LogP contribution in [0.1, 0.15) is 18.4 Å². The molecule has 1 saturated carbocycles. The molecule has 2 nitrogen and oxygen atoms in total. The highest BCUT2D eigenvalue weighted by Gasteiger charge is 2.27. The van der Waals surface area contributed by atoms with Crippen molar-refractivity contribution in [3.05, 3.63) is 29.3 Å². The van der Waals surface area contributed by atoms with E-state index >= 15 is 0 Å². The number of rotatable bonds is 2. The summed E-state index contributed by atoms with van der Waals surface area (Å²) in [5.74, 6) is -1.30. The molecule has 0 unspecified atom stereocenters. The van der Waals surface area contributed by atoms with Gasteiger partial charge in [0, 0.05) is 12.1 Å². The molecule has 0 aliphatic heterocycles. The Morgan fingerprint density at radius 3 is 2.53 bits per heavy atom. The second-order valence-corrected chi connectivity index (χ2v) is 4.01. The molecule has 1 aromatic rings. The normalized spacial score (nSPS) is 24.8. The van der Waals surface area contributed by atoms with Crippen molar-refractivity contribution in [3.8, 4) is 5.75 Å². The first-order valence-corrected chi connectivity index (χ1v) is 4.94. The average Bonchev–Trinajstić information content (AvgIpc) is 2.11. The van der Waals surface area contributed by atoms with E-state index < -0.39 is 11.6 Å². The van der Waals surface area contributed by atoms with Crippen molar-refractivity contribution < 1.29 is 13.5 Å². The van der Waals surface area contributed by atoms with Crippen LogP contribution in [0, 0.1) is 18.6 Å². The van der Waals surface area contributed by atoms with E-state index in [2.05, 4.69) is 0 Å². The quantitative estimate of drug-likeness (QED) is 0.816. The van der Waals surface area contributed by atoms with Gasteiger partial charge in [0.15, 0.2) is 11.6 Å². The number of hydrogen-bond donors (Lipinski definition) is 1. The minimum atomic E-state index is -0.867. The third-order valence-corrected chi connectivity index (χ3v) is 2.62. The van der Waals surface area contributed by atoms with E-state index in [1.54, 1.807) is 0 Å². The first kappa shape index (κ1) is 10.4. The van der Waals surface area contributed by atoms with Crippen LogP contribution in [-0.4, -0.2) is 12.1 Å². The van der Waals surface area contributed by atoms with E-state index in [0.29, 0.717) is 5.75 Å². The highest BCUT2D eigenvalue weighted by atomic mass is 19.2. The van der Waals surface area contributed by atoms with Crippen LogP contribution in [0.15, 0.2) is 12.1 Å². The van der Waals surface area contributed by atoms with Crippen LogP contribution in [0.2, 0.25) is 0 Å². The summed E-state index contributed by atoms with van der Waals surface area (Å²) in [5, 5.41) is 0. The standard InChI is InChI=1S/C11H13F2NO/c1-6-2-8(5-10(12)11(6)13)15-9-3-7(14)4-9/h2,5,7,9H,3-4,14H2,1H3. The first-order chi connectivity index (χ1) is 7.06. The lowest BCUT2D eigenvalue weighted by molar-refractivity contribution is 0.100. The van der Waals surface area contributed by atoms with Crippen molar-refractivity contribution >= 4 is 0 Å². The Morgan fingerprint density at radius 1 is 1.33 bits per heavy atom. The van der Waals surface area contributed by atoms with Gasteiger partial charge in [-0.3, -0.25) is 0 Å². The summed E-state index contributed by atoms with van der Waals surface area (Å²) in [7, 11) is 0. The fourth-order valence-electron chi connectivity index (χ4n) is 1.66. The maximum atomic E-state index is 13.0. The van der Waals surface area contributed by atoms with Gasteiger partial charge < -0.3 is 10.5 Å². The Hall–Kier alpha value is -1.16. The number of hydrogen-bond acceptors (Lipinski definition) is 2. The lowest BCUT2D eigenvalue weighted by atomic mass is 9.90. The number of benzene rings is 1. The minimum absolute atomic E-state index is 0.0456. The summed E-state index contributed by atoms with van der Waals surface area (Å²) in [5.41, 5.74) is 5.85. The third kappa shape index (κ3) is 2.09. The van der Waals surface area contributed by atoms with Gasteiger partial charge in [-0.15, -0.1) is 0 Å². The van der Waals surface area contributed by atoms with Crippen molar-refractivity contribution in [2.75, 3.05) is 0 Å². The minimum Gasteiger partial charge on any atom is -0.490 e. The second-order valence-electron chi connectivity index (χ2n) is 4.01. The van der Waals surface area contributed by atoms with Crippen LogP contribution in [0.4, 0.5) is 8.78 Å². The summed E-state index contributed by atoms with van der Waals surface area (Å²) in [4.78, 5) is 0. The second kappa shape index (κ2) is 3.77. The molecule has 0 atom stereocenters. The summed E-state index contributed by atoms with van der Waals surface area (Å²) in [6, 6.07) is 2.76. The maximum absolute atomic E-state index is 13.0. The molecule has 1 aromatic carbocycles. The summed E-state index contributed by atoms with van der Waals surface area (Å²) < 4.78 is 31.4. The van der Waals surface area contributed by atoms with Gasteiger partial charge in [0.2, 0.25) is 0 Å². The molecule has 2 rings (SSSR count). The number of aryl methyl sites for hydroxylation is 1. The molecule has 1 aliphatic carbocycles. The molecular weight excluding hydrogens is 200 g/mol. The van der Waals surface area contributed by atoms with E-state index in [4.69, 9.17) is 10.5 Å². The highest BCUT2D eigenvalue weighted by molar-refractivity contribution is 5.30. The van der Waals surface area contributed by atoms with E-state index in [0.717, 1.165) is 18.9 Å². The van der Waals surface area contributed by atoms with Gasteiger partial charge in [-0.05, 0) is 31.4 Å². The molecular formula is C11H13F2NO. The van der Waals surface area contributed by atoms with Crippen molar-refractivity contribution in [1.29, 1.82) is 0 Å². The molecule has 2 N–H and O–H groups in total. The van der Waals surface area contributed by atoms with Gasteiger partial charge in [0.05, 0.1) is 0 Å². The SMILES string of the molecule is Cc1cc(OC2CC(N)C2)cc(F)c1F. The Morgan fingerprint density at radius 2 is 2.00 bits per heavy atom. The van der Waals surface area contributed by atoms with E-state index in [1.165, 1.54) is 13.0 Å². The van der Waals surface area contributed by atoms with E-state index in [-0.39, 0.29) is 17.7 Å². The number of halogens is 2. The molecule has 82 valence electrons. The molecule has 15 heavy (non-hydrogen) atoms. The Balaban J connectivity index is 2.09. The van der Waals surface area contributed by atoms with Crippen molar-refractivity contribution in [1.82, 2.24) is 0 Å². The average molecular weight is 213 g/mol. The molecule has 0 amide bonds. The fraction of sp³-hybridized carbons (Fsp3) is 0.455. The fourth-order valence-corrected chi connectivity index (χ4v) is 1.66. The Labute approximate surface area is 87.0 Å². The topological polar surface area (TPSA) is 35.2 Å². The summed E-state index contributed by atoms with van der Waals surface area (Å²) in [6.45, 7) is 1.51. The van der Waals surface area contributed by atoms with Crippen LogP contribution in [0.3, 0.4) is 0 Å². The van der Waals surface area contributed by atoms with Gasteiger partial charge in [-0.25, -0.2) is 8.78 Å². The predicted octanol–water partition coefficient (Wildman–Crippen LogP) is 2.14. The van der Waals surface area contributed by atoms with Crippen molar-refractivity contribution in [2.45, 2.75) is 31.9 Å². The van der Waals surface area contributed by atoms with Crippen LogP contribution in [-0.2, 0) is 0 Å². The Kier molecular flexibility index (Phi) is 2.61. The maximum Gasteiger partial charge on any atom is 0.162 e. The molecule has 0 bridgehead atoms. The smallest absolute Gasteiger partial charge is 0.162 e.